The van der Waals surface area contributed by atoms with Gasteiger partial charge in [-0.05, 0) is 49.6 Å². The number of carbonyl (C=O) groups is 2. The number of rotatable bonds is 10. The maximum absolute atomic E-state index is 15.2. The maximum atomic E-state index is 15.2. The fraction of sp³-hybridized carbons (Fsp3) is 0.385. The molecule has 0 spiro atoms. The normalized spacial score (nSPS) is 18.0. The zero-order valence-electron chi connectivity index (χ0n) is 20.8. The summed E-state index contributed by atoms with van der Waals surface area (Å²) in [6.07, 6.45) is 2.64. The van der Waals surface area contributed by atoms with E-state index in [-0.39, 0.29) is 23.1 Å². The van der Waals surface area contributed by atoms with Crippen molar-refractivity contribution in [2.75, 3.05) is 19.5 Å². The number of carbonyl (C=O) groups excluding carboxylic acids is 2. The highest BCUT2D eigenvalue weighted by Gasteiger charge is 2.41. The Morgan fingerprint density at radius 3 is 2.36 bits per heavy atom. The molecule has 194 valence electrons. The molecule has 0 saturated heterocycles. The van der Waals surface area contributed by atoms with Gasteiger partial charge in [0.2, 0.25) is 10.0 Å². The smallest absolute Gasteiger partial charge is 0.270 e. The maximum Gasteiger partial charge on any atom is 0.270 e. The molecule has 2 amide bonds. The van der Waals surface area contributed by atoms with E-state index in [1.54, 1.807) is 43.3 Å². The lowest BCUT2D eigenvalue weighted by Crippen LogP contribution is -2.51. The molecule has 10 heteroatoms. The number of hydrogen-bond acceptors (Lipinski definition) is 6. The van der Waals surface area contributed by atoms with Gasteiger partial charge in [-0.3, -0.25) is 9.59 Å². The van der Waals surface area contributed by atoms with Crippen LogP contribution in [-0.2, 0) is 25.2 Å². The van der Waals surface area contributed by atoms with Gasteiger partial charge in [0.15, 0.2) is 0 Å². The highest BCUT2D eigenvalue weighted by molar-refractivity contribution is 7.89. The summed E-state index contributed by atoms with van der Waals surface area (Å²) in [5, 5.41) is 2.71. The van der Waals surface area contributed by atoms with Gasteiger partial charge in [0.05, 0.1) is 25.0 Å². The van der Waals surface area contributed by atoms with Crippen molar-refractivity contribution >= 4 is 27.4 Å². The van der Waals surface area contributed by atoms with Gasteiger partial charge in [-0.1, -0.05) is 31.5 Å². The molecule has 0 radical (unpaired) electrons. The van der Waals surface area contributed by atoms with Crippen molar-refractivity contribution < 1.29 is 31.9 Å². The van der Waals surface area contributed by atoms with Gasteiger partial charge >= 0.3 is 0 Å². The Labute approximate surface area is 210 Å². The molecule has 3 rings (SSSR count). The van der Waals surface area contributed by atoms with E-state index in [9.17, 15) is 18.0 Å². The molecule has 0 saturated carbocycles. The van der Waals surface area contributed by atoms with Crippen LogP contribution in [0.15, 0.2) is 48.0 Å². The molecule has 1 heterocycles. The fourth-order valence-electron chi connectivity index (χ4n) is 4.09. The monoisotopic (exact) mass is 518 g/mol. The SMILES string of the molecule is CCCCOc1ccc([C@]2(C)CC(c3ccc(OCC)cc3)=C(C(=O)NS(C)(=O)=O)C(=O)N2)c(F)c1. The first-order chi connectivity index (χ1) is 17.0. The van der Waals surface area contributed by atoms with E-state index < -0.39 is 33.2 Å². The van der Waals surface area contributed by atoms with Gasteiger partial charge in [-0.25, -0.2) is 17.5 Å². The van der Waals surface area contributed by atoms with Crippen LogP contribution in [0.25, 0.3) is 5.57 Å². The first-order valence-corrected chi connectivity index (χ1v) is 13.6. The third kappa shape index (κ3) is 6.42. The van der Waals surface area contributed by atoms with Crippen molar-refractivity contribution in [1.82, 2.24) is 10.0 Å². The Balaban J connectivity index is 2.05. The quantitative estimate of drug-likeness (QED) is 0.367. The lowest BCUT2D eigenvalue weighted by Gasteiger charge is -2.37. The van der Waals surface area contributed by atoms with Crippen LogP contribution in [0.4, 0.5) is 4.39 Å². The predicted molar refractivity (Wildman–Crippen MR) is 134 cm³/mol. The summed E-state index contributed by atoms with van der Waals surface area (Å²) in [5.74, 6) is -1.46. The summed E-state index contributed by atoms with van der Waals surface area (Å²) in [5.41, 5.74) is -0.552. The molecule has 0 aliphatic carbocycles. The molecule has 0 fully saturated rings. The first kappa shape index (κ1) is 27.2. The van der Waals surface area contributed by atoms with Crippen molar-refractivity contribution in [2.45, 2.75) is 45.6 Å². The molecule has 8 nitrogen and oxygen atoms in total. The largest absolute Gasteiger partial charge is 0.494 e. The number of halogens is 1. The number of nitrogens with one attached hydrogen (secondary N) is 2. The second kappa shape index (κ2) is 11.1. The van der Waals surface area contributed by atoms with Crippen LogP contribution in [0.3, 0.4) is 0 Å². The van der Waals surface area contributed by atoms with Gasteiger partial charge in [-0.2, -0.15) is 0 Å². The van der Waals surface area contributed by atoms with E-state index in [2.05, 4.69) is 5.32 Å². The molecule has 1 atom stereocenters. The van der Waals surface area contributed by atoms with E-state index in [1.165, 1.54) is 6.07 Å². The van der Waals surface area contributed by atoms with Crippen LogP contribution in [0, 0.1) is 5.82 Å². The second-order valence-electron chi connectivity index (χ2n) is 8.82. The molecule has 1 aliphatic rings. The third-order valence-electron chi connectivity index (χ3n) is 5.77. The number of sulfonamides is 1. The Kier molecular flexibility index (Phi) is 8.39. The molecule has 36 heavy (non-hydrogen) atoms. The molecule has 0 bridgehead atoms. The van der Waals surface area contributed by atoms with Crippen LogP contribution < -0.4 is 19.5 Å². The zero-order valence-corrected chi connectivity index (χ0v) is 21.6. The van der Waals surface area contributed by atoms with Crippen molar-refractivity contribution in [2.24, 2.45) is 0 Å². The Bertz CT molecular complexity index is 1270. The van der Waals surface area contributed by atoms with Crippen molar-refractivity contribution in [3.63, 3.8) is 0 Å². The van der Waals surface area contributed by atoms with E-state index >= 15 is 4.39 Å². The van der Waals surface area contributed by atoms with E-state index in [4.69, 9.17) is 9.47 Å². The molecule has 0 unspecified atom stereocenters. The summed E-state index contributed by atoms with van der Waals surface area (Å²) in [7, 11) is -3.93. The molecule has 2 aromatic carbocycles. The highest BCUT2D eigenvalue weighted by Crippen LogP contribution is 2.40. The number of hydrogen-bond donors (Lipinski definition) is 2. The summed E-state index contributed by atoms with van der Waals surface area (Å²) in [6.45, 7) is 6.45. The van der Waals surface area contributed by atoms with Crippen molar-refractivity contribution in [3.8, 4) is 11.5 Å². The number of ether oxygens (including phenoxy) is 2. The van der Waals surface area contributed by atoms with Gasteiger partial charge in [0.25, 0.3) is 11.8 Å². The van der Waals surface area contributed by atoms with Crippen LogP contribution in [0.1, 0.15) is 51.2 Å². The minimum Gasteiger partial charge on any atom is -0.494 e. The van der Waals surface area contributed by atoms with Crippen LogP contribution >= 0.6 is 0 Å². The summed E-state index contributed by atoms with van der Waals surface area (Å²) >= 11 is 0. The third-order valence-corrected chi connectivity index (χ3v) is 6.33. The lowest BCUT2D eigenvalue weighted by atomic mass is 9.78. The standard InChI is InChI=1S/C26H31FN2O6S/c1-5-7-14-35-19-12-13-21(22(27)15-19)26(3)16-20(17-8-10-18(11-9-17)34-6-2)23(24(30)28-26)25(31)29-36(4,32)33/h8-13,15H,5-7,14,16H2,1-4H3,(H,28,30)(H,29,31)/t26-/m0/s1. The predicted octanol–water partition coefficient (Wildman–Crippen LogP) is 3.67. The second-order valence-corrected chi connectivity index (χ2v) is 10.6. The molecular formula is C26H31FN2O6S. The molecular weight excluding hydrogens is 487 g/mol. The van der Waals surface area contributed by atoms with Gasteiger partial charge < -0.3 is 14.8 Å². The van der Waals surface area contributed by atoms with Crippen LogP contribution in [0.2, 0.25) is 0 Å². The Morgan fingerprint density at radius 2 is 1.78 bits per heavy atom. The molecule has 1 aliphatic heterocycles. The van der Waals surface area contributed by atoms with E-state index in [0.717, 1.165) is 19.1 Å². The van der Waals surface area contributed by atoms with Gasteiger partial charge in [0, 0.05) is 18.1 Å². The summed E-state index contributed by atoms with van der Waals surface area (Å²) in [4.78, 5) is 26.1. The zero-order chi connectivity index (χ0) is 26.5. The minimum atomic E-state index is -3.93. The average molecular weight is 519 g/mol. The number of benzene rings is 2. The van der Waals surface area contributed by atoms with Crippen LogP contribution in [0.5, 0.6) is 11.5 Å². The summed E-state index contributed by atoms with van der Waals surface area (Å²) in [6, 6.07) is 11.2. The Hall–Kier alpha value is -3.40. The lowest BCUT2D eigenvalue weighted by molar-refractivity contribution is -0.124. The topological polar surface area (TPSA) is 111 Å². The molecule has 2 N–H and O–H groups in total. The molecule has 2 aromatic rings. The minimum absolute atomic E-state index is 0.0339. The van der Waals surface area contributed by atoms with Gasteiger partial charge in [-0.15, -0.1) is 0 Å². The van der Waals surface area contributed by atoms with Gasteiger partial charge in [0.1, 0.15) is 22.9 Å². The van der Waals surface area contributed by atoms with Crippen LogP contribution in [-0.4, -0.2) is 39.7 Å². The first-order valence-electron chi connectivity index (χ1n) is 11.7. The fourth-order valence-corrected chi connectivity index (χ4v) is 4.53. The molecule has 0 aromatic heterocycles. The Morgan fingerprint density at radius 1 is 1.11 bits per heavy atom. The van der Waals surface area contributed by atoms with E-state index in [1.807, 2.05) is 18.6 Å². The average Bonchev–Trinajstić information content (AvgIpc) is 2.78. The number of unbranched alkanes of at least 4 members (excludes halogenated alkanes) is 1. The number of amides is 2. The van der Waals surface area contributed by atoms with Crippen molar-refractivity contribution in [1.29, 1.82) is 0 Å². The van der Waals surface area contributed by atoms with E-state index in [0.29, 0.717) is 30.3 Å². The highest BCUT2D eigenvalue weighted by atomic mass is 32.2. The summed E-state index contributed by atoms with van der Waals surface area (Å²) < 4.78 is 51.6. The van der Waals surface area contributed by atoms with Crippen molar-refractivity contribution in [3.05, 3.63) is 65.0 Å².